The highest BCUT2D eigenvalue weighted by molar-refractivity contribution is 6.04. The highest BCUT2D eigenvalue weighted by Gasteiger charge is 2.22. The quantitative estimate of drug-likeness (QED) is 0.137. The van der Waals surface area contributed by atoms with E-state index in [-0.39, 0.29) is 41.0 Å². The predicted molar refractivity (Wildman–Crippen MR) is 196 cm³/mol. The van der Waals surface area contributed by atoms with Crippen molar-refractivity contribution in [2.75, 3.05) is 10.6 Å². The molecule has 0 fully saturated rings. The molecular weight excluding hydrogens is 665 g/mol. The van der Waals surface area contributed by atoms with Gasteiger partial charge in [-0.3, -0.25) is 14.4 Å². The first-order valence-corrected chi connectivity index (χ1v) is 16.2. The van der Waals surface area contributed by atoms with Gasteiger partial charge in [0.15, 0.2) is 11.5 Å². The van der Waals surface area contributed by atoms with Crippen LogP contribution in [-0.2, 0) is 18.6 Å². The molecule has 4 heterocycles. The second-order valence-electron chi connectivity index (χ2n) is 12.6. The lowest BCUT2D eigenvalue weighted by Gasteiger charge is -2.18. The first-order chi connectivity index (χ1) is 25.0. The molecule has 0 unspecified atom stereocenters. The molecule has 260 valence electrons. The van der Waals surface area contributed by atoms with Gasteiger partial charge in [-0.2, -0.15) is 10.1 Å². The van der Waals surface area contributed by atoms with E-state index < -0.39 is 17.3 Å². The van der Waals surface area contributed by atoms with Crippen molar-refractivity contribution < 1.29 is 14.3 Å². The number of nitrogens with zero attached hydrogens (tertiary/aromatic N) is 6. The number of hydrogen-bond donors (Lipinski definition) is 4. The minimum absolute atomic E-state index is 0.146. The average Bonchev–Trinajstić information content (AvgIpc) is 3.41. The number of pyridine rings is 1. The molecule has 7 rings (SSSR count). The van der Waals surface area contributed by atoms with E-state index in [1.54, 1.807) is 91.3 Å². The first-order valence-electron chi connectivity index (χ1n) is 16.2. The maximum atomic E-state index is 14.9. The predicted octanol–water partition coefficient (Wildman–Crippen LogP) is 5.35. The van der Waals surface area contributed by atoms with Gasteiger partial charge in [0.1, 0.15) is 16.8 Å². The molecule has 0 saturated heterocycles. The number of carbonyl (C=O) groups is 1. The molecule has 0 aliphatic rings. The number of allylic oxidation sites excluding steroid dienone is 1. The zero-order chi connectivity index (χ0) is 36.6. The molecule has 52 heavy (non-hydrogen) atoms. The van der Waals surface area contributed by atoms with Crippen LogP contribution in [0.4, 0.5) is 21.7 Å². The number of aromatic nitrogens is 7. The summed E-state index contributed by atoms with van der Waals surface area (Å²) in [6.07, 6.45) is 3.28. The summed E-state index contributed by atoms with van der Waals surface area (Å²) in [6.45, 7) is 7.19. The van der Waals surface area contributed by atoms with E-state index in [4.69, 9.17) is 0 Å². The monoisotopic (exact) mass is 697 g/mol. The summed E-state index contributed by atoms with van der Waals surface area (Å²) in [5.74, 6) is -0.760. The van der Waals surface area contributed by atoms with Crippen molar-refractivity contribution in [1.82, 2.24) is 34.5 Å². The van der Waals surface area contributed by atoms with Crippen molar-refractivity contribution in [1.29, 1.82) is 0 Å². The van der Waals surface area contributed by atoms with E-state index >= 15 is 0 Å². The SMILES string of the molecule is C=CCn1c(=O)c2cnc(Nc3ccc(NC(=O)c4cc(Cc5n[nH]c(=O)c6ccccc56)ccc4F)cc3)nc2n1-c1cccc(C(C)(C)O)n1. The summed E-state index contributed by atoms with van der Waals surface area (Å²) in [5.41, 5.74) is 0.929. The van der Waals surface area contributed by atoms with E-state index in [0.29, 0.717) is 50.6 Å². The van der Waals surface area contributed by atoms with Crippen molar-refractivity contribution in [3.05, 3.63) is 153 Å². The second kappa shape index (κ2) is 13.5. The number of amides is 1. The molecule has 0 atom stereocenters. The van der Waals surface area contributed by atoms with E-state index in [9.17, 15) is 23.9 Å². The highest BCUT2D eigenvalue weighted by atomic mass is 19.1. The van der Waals surface area contributed by atoms with Crippen LogP contribution in [-0.4, -0.2) is 45.5 Å². The fraction of sp³-hybridized carbons (Fsp3) is 0.132. The number of carbonyl (C=O) groups excluding carboxylic acids is 1. The van der Waals surface area contributed by atoms with Crippen LogP contribution >= 0.6 is 0 Å². The van der Waals surface area contributed by atoms with E-state index in [0.717, 1.165) is 0 Å². The van der Waals surface area contributed by atoms with Crippen molar-refractivity contribution in [2.24, 2.45) is 0 Å². The van der Waals surface area contributed by atoms with E-state index in [1.165, 1.54) is 23.0 Å². The third-order valence-corrected chi connectivity index (χ3v) is 8.38. The van der Waals surface area contributed by atoms with Gasteiger partial charge < -0.3 is 15.7 Å². The number of aromatic amines is 1. The topological polar surface area (TPSA) is 173 Å². The van der Waals surface area contributed by atoms with Crippen LogP contribution in [0.3, 0.4) is 0 Å². The fourth-order valence-corrected chi connectivity index (χ4v) is 5.81. The lowest BCUT2D eigenvalue weighted by atomic mass is 10.0. The van der Waals surface area contributed by atoms with E-state index in [1.807, 2.05) is 6.07 Å². The van der Waals surface area contributed by atoms with Crippen LogP contribution in [0, 0.1) is 5.82 Å². The number of halogens is 1. The second-order valence-corrected chi connectivity index (χ2v) is 12.6. The van der Waals surface area contributed by atoms with Gasteiger partial charge in [-0.15, -0.1) is 6.58 Å². The first kappa shape index (κ1) is 33.7. The Morgan fingerprint density at radius 3 is 2.46 bits per heavy atom. The molecule has 0 bridgehead atoms. The Hall–Kier alpha value is -6.80. The van der Waals surface area contributed by atoms with Gasteiger partial charge >= 0.3 is 0 Å². The van der Waals surface area contributed by atoms with Crippen molar-refractivity contribution in [2.45, 2.75) is 32.4 Å². The summed E-state index contributed by atoms with van der Waals surface area (Å²) < 4.78 is 17.9. The molecule has 7 aromatic rings. The molecule has 0 aliphatic heterocycles. The molecule has 14 heteroatoms. The van der Waals surface area contributed by atoms with Crippen molar-refractivity contribution in [3.8, 4) is 5.82 Å². The van der Waals surface area contributed by atoms with Crippen LogP contribution in [0.15, 0.2) is 113 Å². The molecule has 0 radical (unpaired) electrons. The Balaban J connectivity index is 1.11. The van der Waals surface area contributed by atoms with Crippen LogP contribution in [0.25, 0.3) is 27.6 Å². The Kier molecular flexibility index (Phi) is 8.74. The van der Waals surface area contributed by atoms with Gasteiger partial charge in [0.05, 0.1) is 28.9 Å². The molecule has 0 spiro atoms. The summed E-state index contributed by atoms with van der Waals surface area (Å²) in [7, 11) is 0. The molecule has 0 saturated carbocycles. The van der Waals surface area contributed by atoms with Gasteiger partial charge in [0.2, 0.25) is 5.95 Å². The Morgan fingerprint density at radius 1 is 0.962 bits per heavy atom. The highest BCUT2D eigenvalue weighted by Crippen LogP contribution is 2.24. The van der Waals surface area contributed by atoms with Crippen LogP contribution < -0.4 is 21.8 Å². The molecule has 3 aromatic carbocycles. The summed E-state index contributed by atoms with van der Waals surface area (Å²) in [5, 5.41) is 24.5. The molecule has 13 nitrogen and oxygen atoms in total. The van der Waals surface area contributed by atoms with Crippen molar-refractivity contribution >= 4 is 45.0 Å². The number of nitrogens with one attached hydrogen (secondary N) is 3. The number of hydrogen-bond acceptors (Lipinski definition) is 9. The number of benzene rings is 3. The van der Waals surface area contributed by atoms with E-state index in [2.05, 4.69) is 42.4 Å². The lowest BCUT2D eigenvalue weighted by Crippen LogP contribution is -2.23. The average molecular weight is 698 g/mol. The maximum Gasteiger partial charge on any atom is 0.278 e. The zero-order valence-electron chi connectivity index (χ0n) is 28.1. The summed E-state index contributed by atoms with van der Waals surface area (Å²) in [4.78, 5) is 52.3. The molecule has 4 aromatic heterocycles. The normalized spacial score (nSPS) is 11.5. The number of rotatable bonds is 10. The largest absolute Gasteiger partial charge is 0.384 e. The minimum atomic E-state index is -1.21. The van der Waals surface area contributed by atoms with Gasteiger partial charge in [0.25, 0.3) is 17.0 Å². The Labute approximate surface area is 295 Å². The van der Waals surface area contributed by atoms with Gasteiger partial charge in [-0.1, -0.05) is 36.4 Å². The van der Waals surface area contributed by atoms with Crippen LogP contribution in [0.5, 0.6) is 0 Å². The third-order valence-electron chi connectivity index (χ3n) is 8.38. The Bertz CT molecular complexity index is 2620. The zero-order valence-corrected chi connectivity index (χ0v) is 28.1. The smallest absolute Gasteiger partial charge is 0.278 e. The molecular formula is C38H32FN9O4. The maximum absolute atomic E-state index is 14.9. The summed E-state index contributed by atoms with van der Waals surface area (Å²) >= 11 is 0. The molecule has 4 N–H and O–H groups in total. The lowest BCUT2D eigenvalue weighted by molar-refractivity contribution is 0.0737. The van der Waals surface area contributed by atoms with Gasteiger partial charge in [-0.05, 0) is 74.0 Å². The standard InChI is InChI=1S/C38H32FN9O4/c1-4-18-47-36(51)28-21-40-37(44-33(28)48(47)32-11-7-10-31(43-32)38(2,3)52)42-24-15-13-23(14-16-24)41-34(49)27-19-22(12-17-29(27)39)20-30-25-8-5-6-9-26(25)35(50)46-45-30/h4-17,19,21,52H,1,18,20H2,2-3H3,(H,41,49)(H,46,50)(H,40,42,44). The van der Waals surface area contributed by atoms with Gasteiger partial charge in [0, 0.05) is 29.4 Å². The molecule has 0 aliphatic carbocycles. The minimum Gasteiger partial charge on any atom is -0.384 e. The number of anilines is 3. The molecule has 1 amide bonds. The number of aliphatic hydroxyl groups is 1. The Morgan fingerprint density at radius 2 is 1.71 bits per heavy atom. The summed E-state index contributed by atoms with van der Waals surface area (Å²) in [6, 6.07) is 23.1. The number of H-pyrrole nitrogens is 1. The van der Waals surface area contributed by atoms with Crippen LogP contribution in [0.2, 0.25) is 0 Å². The van der Waals surface area contributed by atoms with Crippen molar-refractivity contribution in [3.63, 3.8) is 0 Å². The van der Waals surface area contributed by atoms with Crippen LogP contribution in [0.1, 0.15) is 41.2 Å². The fourth-order valence-electron chi connectivity index (χ4n) is 5.81. The van der Waals surface area contributed by atoms with Gasteiger partial charge in [-0.25, -0.2) is 28.8 Å². The third kappa shape index (κ3) is 6.57. The number of fused-ring (bicyclic) bond motifs is 2.